The van der Waals surface area contributed by atoms with E-state index in [0.29, 0.717) is 0 Å². The van der Waals surface area contributed by atoms with Gasteiger partial charge in [0.05, 0.1) is 22.7 Å². The van der Waals surface area contributed by atoms with Crippen LogP contribution >= 0.6 is 11.6 Å². The largest absolute Gasteiger partial charge is 1.00 e. The van der Waals surface area contributed by atoms with Crippen LogP contribution in [-0.2, 0) is 21.4 Å². The Labute approximate surface area is 150 Å². The van der Waals surface area contributed by atoms with E-state index in [1.165, 1.54) is 12.1 Å². The average Bonchev–Trinajstić information content (AvgIpc) is 2.44. The third kappa shape index (κ3) is 5.88. The molecule has 0 aliphatic carbocycles. The van der Waals surface area contributed by atoms with Gasteiger partial charge in [-0.05, 0) is 6.07 Å². The maximum Gasteiger partial charge on any atom is 0.290 e. The maximum atomic E-state index is 12.0. The van der Waals surface area contributed by atoms with Crippen LogP contribution in [0.15, 0.2) is 42.7 Å². The quantitative estimate of drug-likeness (QED) is 0.419. The van der Waals surface area contributed by atoms with E-state index in [0.717, 1.165) is 6.26 Å². The molecule has 7 nitrogen and oxygen atoms in total. The number of aromatic hydroxyl groups is 1. The van der Waals surface area contributed by atoms with Crippen LogP contribution in [0.5, 0.6) is 5.75 Å². The van der Waals surface area contributed by atoms with Crippen LogP contribution in [0.4, 0.5) is 11.4 Å². The molecule has 10 heteroatoms. The molecule has 3 N–H and O–H groups in total. The highest BCUT2D eigenvalue weighted by atomic mass is 35.5. The predicted octanol–water partition coefficient (Wildman–Crippen LogP) is -1.65. The van der Waals surface area contributed by atoms with Gasteiger partial charge >= 0.3 is 0 Å². The highest BCUT2D eigenvalue weighted by Crippen LogP contribution is 2.34. The van der Waals surface area contributed by atoms with Crippen molar-refractivity contribution in [3.63, 3.8) is 0 Å². The summed E-state index contributed by atoms with van der Waals surface area (Å²) in [7, 11) is -3.55. The van der Waals surface area contributed by atoms with Crippen molar-refractivity contribution < 1.29 is 35.3 Å². The number of amides is 1. The molecular weight excluding hydrogens is 377 g/mol. The Hall–Kier alpha value is -2.03. The number of carbonyl (C=O) groups is 1. The van der Waals surface area contributed by atoms with Crippen molar-refractivity contribution in [2.75, 3.05) is 16.3 Å². The van der Waals surface area contributed by atoms with Gasteiger partial charge in [-0.15, -0.1) is 0 Å². The molecule has 0 atom stereocenters. The molecule has 1 amide bonds. The number of sulfonamides is 1. The lowest BCUT2D eigenvalue weighted by Crippen LogP contribution is -3.00. The summed E-state index contributed by atoms with van der Waals surface area (Å²) in [5, 5.41) is 12.5. The first-order chi connectivity index (χ1) is 10.7. The lowest BCUT2D eigenvalue weighted by molar-refractivity contribution is -0.684. The molecule has 2 aromatic rings. The maximum absolute atomic E-state index is 12.0. The molecule has 130 valence electrons. The van der Waals surface area contributed by atoms with Gasteiger partial charge in [-0.2, -0.15) is 4.57 Å². The zero-order chi connectivity index (χ0) is 17.0. The number of phenols is 1. The van der Waals surface area contributed by atoms with E-state index in [1.807, 2.05) is 6.07 Å². The summed E-state index contributed by atoms with van der Waals surface area (Å²) in [5.74, 6) is -0.686. The fourth-order valence-electron chi connectivity index (χ4n) is 1.83. The lowest BCUT2D eigenvalue weighted by atomic mass is 10.2. The standard InChI is InChI=1S/C14H14ClN3O4S.ClH/c1-23(21,22)17-12-7-10(15)11(8-13(12)19)16-14(20)9-18-5-3-2-4-6-18;/h2-8,17H,9H2,1H3,(H-,16,19,20);1H. The number of hydrogen-bond donors (Lipinski definition) is 3. The molecule has 2 rings (SSSR count). The molecule has 1 aromatic carbocycles. The van der Waals surface area contributed by atoms with Crippen molar-refractivity contribution in [2.45, 2.75) is 6.54 Å². The number of carbonyl (C=O) groups excluding carboxylic acids is 1. The normalized spacial score (nSPS) is 10.6. The highest BCUT2D eigenvalue weighted by molar-refractivity contribution is 7.92. The molecule has 0 bridgehead atoms. The van der Waals surface area contributed by atoms with E-state index in [9.17, 15) is 18.3 Å². The van der Waals surface area contributed by atoms with Crippen LogP contribution in [-0.4, -0.2) is 25.7 Å². The predicted molar refractivity (Wildman–Crippen MR) is 86.9 cm³/mol. The topological polar surface area (TPSA) is 99.4 Å². The second kappa shape index (κ2) is 8.18. The van der Waals surface area contributed by atoms with E-state index in [2.05, 4.69) is 10.0 Å². The van der Waals surface area contributed by atoms with Crippen molar-refractivity contribution in [2.24, 2.45) is 0 Å². The van der Waals surface area contributed by atoms with Gasteiger partial charge in [-0.3, -0.25) is 9.52 Å². The number of nitrogens with zero attached hydrogens (tertiary/aromatic N) is 1. The second-order valence-corrected chi connectivity index (χ2v) is 6.98. The Morgan fingerprint density at radius 2 is 1.83 bits per heavy atom. The van der Waals surface area contributed by atoms with Gasteiger partial charge in [0.2, 0.25) is 16.6 Å². The van der Waals surface area contributed by atoms with E-state index in [-0.39, 0.29) is 47.0 Å². The number of phenolic OH excluding ortho intramolecular Hbond substituents is 1. The average molecular weight is 392 g/mol. The van der Waals surface area contributed by atoms with Crippen molar-refractivity contribution in [3.05, 3.63) is 47.7 Å². The molecule has 0 saturated heterocycles. The summed E-state index contributed by atoms with van der Waals surface area (Å²) in [6, 6.07) is 7.82. The van der Waals surface area contributed by atoms with E-state index in [1.54, 1.807) is 29.1 Å². The fraction of sp³-hybridized carbons (Fsp3) is 0.143. The van der Waals surface area contributed by atoms with E-state index < -0.39 is 10.0 Å². The first kappa shape index (κ1) is 20.0. The van der Waals surface area contributed by atoms with Gasteiger partial charge in [-0.25, -0.2) is 8.42 Å². The first-order valence-corrected chi connectivity index (χ1v) is 8.76. The van der Waals surface area contributed by atoms with Crippen LogP contribution in [0.25, 0.3) is 0 Å². The van der Waals surface area contributed by atoms with Crippen molar-refractivity contribution in [1.82, 2.24) is 0 Å². The van der Waals surface area contributed by atoms with E-state index >= 15 is 0 Å². The third-order valence-electron chi connectivity index (χ3n) is 2.76. The molecule has 1 heterocycles. The number of aromatic nitrogens is 1. The van der Waals surface area contributed by atoms with Gasteiger partial charge in [-0.1, -0.05) is 17.7 Å². The number of benzene rings is 1. The van der Waals surface area contributed by atoms with Gasteiger partial charge in [0.15, 0.2) is 12.4 Å². The Morgan fingerprint density at radius 1 is 1.21 bits per heavy atom. The monoisotopic (exact) mass is 391 g/mol. The Morgan fingerprint density at radius 3 is 2.42 bits per heavy atom. The number of anilines is 2. The number of halogens is 2. The van der Waals surface area contributed by atoms with E-state index in [4.69, 9.17) is 11.6 Å². The molecule has 24 heavy (non-hydrogen) atoms. The molecular formula is C14H15Cl2N3O4S. The third-order valence-corrected chi connectivity index (χ3v) is 3.66. The number of rotatable bonds is 5. The summed E-state index contributed by atoms with van der Waals surface area (Å²) in [6.45, 7) is 0.0707. The Bertz CT molecular complexity index is 829. The smallest absolute Gasteiger partial charge is 0.290 e. The number of nitrogens with one attached hydrogen (secondary N) is 2. The molecule has 0 fully saturated rings. The van der Waals surface area contributed by atoms with Gasteiger partial charge < -0.3 is 22.8 Å². The van der Waals surface area contributed by atoms with Crippen molar-refractivity contribution in [1.29, 1.82) is 0 Å². The van der Waals surface area contributed by atoms with Crippen LogP contribution in [0, 0.1) is 0 Å². The number of pyridine rings is 1. The summed E-state index contributed by atoms with van der Waals surface area (Å²) in [6.07, 6.45) is 4.42. The minimum absolute atomic E-state index is 0. The Balaban J connectivity index is 0.00000288. The summed E-state index contributed by atoms with van der Waals surface area (Å²) < 4.78 is 26.2. The van der Waals surface area contributed by atoms with Gasteiger partial charge in [0.1, 0.15) is 5.75 Å². The minimum Gasteiger partial charge on any atom is -1.00 e. The molecule has 0 spiro atoms. The van der Waals surface area contributed by atoms with Crippen LogP contribution in [0.3, 0.4) is 0 Å². The second-order valence-electron chi connectivity index (χ2n) is 4.82. The molecule has 1 aromatic heterocycles. The van der Waals surface area contributed by atoms with Crippen LogP contribution in [0.1, 0.15) is 0 Å². The molecule has 0 saturated carbocycles. The molecule has 0 unspecified atom stereocenters. The zero-order valence-electron chi connectivity index (χ0n) is 12.5. The van der Waals surface area contributed by atoms with Gasteiger partial charge in [0, 0.05) is 18.2 Å². The Kier molecular flexibility index (Phi) is 6.82. The zero-order valence-corrected chi connectivity index (χ0v) is 14.9. The van der Waals surface area contributed by atoms with Crippen LogP contribution in [0.2, 0.25) is 5.02 Å². The van der Waals surface area contributed by atoms with Crippen molar-refractivity contribution in [3.8, 4) is 5.75 Å². The number of hydrogen-bond acceptors (Lipinski definition) is 4. The fourth-order valence-corrected chi connectivity index (χ4v) is 2.61. The molecule has 0 radical (unpaired) electrons. The summed E-state index contributed by atoms with van der Waals surface area (Å²) in [5.41, 5.74) is 0.123. The molecule has 0 aliphatic heterocycles. The van der Waals surface area contributed by atoms with Crippen molar-refractivity contribution >= 4 is 38.9 Å². The minimum atomic E-state index is -3.55. The van der Waals surface area contributed by atoms with Gasteiger partial charge in [0.25, 0.3) is 5.91 Å². The summed E-state index contributed by atoms with van der Waals surface area (Å²) in [4.78, 5) is 12.0. The summed E-state index contributed by atoms with van der Waals surface area (Å²) >= 11 is 6.01. The highest BCUT2D eigenvalue weighted by Gasteiger charge is 2.15. The first-order valence-electron chi connectivity index (χ1n) is 6.49. The SMILES string of the molecule is CS(=O)(=O)Nc1cc(Cl)c(NC(=O)C[n+]2ccccc2)cc1O.[Cl-]. The van der Waals surface area contributed by atoms with Crippen LogP contribution < -0.4 is 27.0 Å². The molecule has 0 aliphatic rings. The lowest BCUT2D eigenvalue weighted by Gasteiger charge is -2.11.